The summed E-state index contributed by atoms with van der Waals surface area (Å²) >= 11 is 0. The van der Waals surface area contributed by atoms with Crippen LogP contribution in [-0.4, -0.2) is 30.4 Å². The molecule has 3 heteroatoms. The molecule has 1 N–H and O–H groups in total. The van der Waals surface area contributed by atoms with E-state index in [9.17, 15) is 4.79 Å². The second kappa shape index (κ2) is 5.36. The molecule has 21 heavy (non-hydrogen) atoms. The van der Waals surface area contributed by atoms with E-state index in [4.69, 9.17) is 0 Å². The quantitative estimate of drug-likeness (QED) is 0.900. The van der Waals surface area contributed by atoms with Crippen LogP contribution in [0.15, 0.2) is 24.3 Å². The van der Waals surface area contributed by atoms with Gasteiger partial charge in [-0.2, -0.15) is 0 Å². The van der Waals surface area contributed by atoms with E-state index in [1.54, 1.807) is 0 Å². The van der Waals surface area contributed by atoms with Gasteiger partial charge >= 0.3 is 0 Å². The largest absolute Gasteiger partial charge is 0.384 e. The van der Waals surface area contributed by atoms with Gasteiger partial charge < -0.3 is 10.2 Å². The number of hydrogen-bond acceptors (Lipinski definition) is 2. The lowest BCUT2D eigenvalue weighted by molar-refractivity contribution is -0.134. The highest BCUT2D eigenvalue weighted by atomic mass is 16.2. The number of carbonyl (C=O) groups is 1. The Hall–Kier alpha value is -1.51. The Labute approximate surface area is 127 Å². The van der Waals surface area contributed by atoms with E-state index < -0.39 is 0 Å². The molecule has 3 nitrogen and oxygen atoms in total. The van der Waals surface area contributed by atoms with Crippen molar-refractivity contribution < 1.29 is 4.79 Å². The van der Waals surface area contributed by atoms with Crippen molar-refractivity contribution in [2.45, 2.75) is 51.5 Å². The molecule has 0 spiro atoms. The lowest BCUT2D eigenvalue weighted by Gasteiger charge is -2.39. The summed E-state index contributed by atoms with van der Waals surface area (Å²) in [6.07, 6.45) is 4.71. The summed E-state index contributed by atoms with van der Waals surface area (Å²) in [5, 5.41) is 3.35. The Balaban J connectivity index is 1.69. The molecule has 0 radical (unpaired) electrons. The minimum atomic E-state index is -0.0128. The van der Waals surface area contributed by atoms with Gasteiger partial charge in [-0.05, 0) is 42.7 Å². The number of rotatable bonds is 2. The van der Waals surface area contributed by atoms with E-state index in [1.165, 1.54) is 12.8 Å². The maximum absolute atomic E-state index is 12.9. The van der Waals surface area contributed by atoms with Crippen molar-refractivity contribution in [1.29, 1.82) is 0 Å². The summed E-state index contributed by atoms with van der Waals surface area (Å²) < 4.78 is 0. The molecule has 114 valence electrons. The molecule has 1 fully saturated rings. The molecule has 0 bridgehead atoms. The first-order valence-corrected chi connectivity index (χ1v) is 8.07. The highest BCUT2D eigenvalue weighted by Gasteiger charge is 2.35. The van der Waals surface area contributed by atoms with Gasteiger partial charge in [-0.25, -0.2) is 0 Å². The van der Waals surface area contributed by atoms with Crippen molar-refractivity contribution in [2.75, 3.05) is 18.9 Å². The van der Waals surface area contributed by atoms with Crippen LogP contribution < -0.4 is 5.32 Å². The van der Waals surface area contributed by atoms with Gasteiger partial charge in [0, 0.05) is 25.3 Å². The van der Waals surface area contributed by atoms with Gasteiger partial charge in [0.05, 0.1) is 5.92 Å². The zero-order valence-corrected chi connectivity index (χ0v) is 13.4. The van der Waals surface area contributed by atoms with Gasteiger partial charge in [0.1, 0.15) is 0 Å². The number of fused-ring (bicyclic) bond motifs is 1. The number of carbonyl (C=O) groups excluding carboxylic acids is 1. The number of benzene rings is 1. The van der Waals surface area contributed by atoms with Crippen LogP contribution in [0.3, 0.4) is 0 Å². The molecule has 0 aromatic heterocycles. The molecule has 1 unspecified atom stereocenters. The monoisotopic (exact) mass is 286 g/mol. The highest BCUT2D eigenvalue weighted by Crippen LogP contribution is 2.38. The first-order chi connectivity index (χ1) is 9.98. The lowest BCUT2D eigenvalue weighted by Crippen LogP contribution is -2.43. The van der Waals surface area contributed by atoms with Crippen LogP contribution in [0.2, 0.25) is 0 Å². The standard InChI is InChI=1S/C18H26N2O/c1-18(2)10-8-13(9-11-18)20(3)17(21)15-12-19-16-7-5-4-6-14(15)16/h4-7,13,15,19H,8-12H2,1-3H3. The summed E-state index contributed by atoms with van der Waals surface area (Å²) in [5.41, 5.74) is 2.72. The third-order valence-corrected chi connectivity index (χ3v) is 5.33. The minimum absolute atomic E-state index is 0.0128. The van der Waals surface area contributed by atoms with Crippen molar-refractivity contribution in [2.24, 2.45) is 5.41 Å². The number of nitrogens with zero attached hydrogens (tertiary/aromatic N) is 1. The molecule has 3 rings (SSSR count). The van der Waals surface area contributed by atoms with Crippen LogP contribution in [0, 0.1) is 5.41 Å². The summed E-state index contributed by atoms with van der Waals surface area (Å²) in [4.78, 5) is 14.9. The average Bonchev–Trinajstić information content (AvgIpc) is 2.90. The Morgan fingerprint density at radius 3 is 2.62 bits per heavy atom. The zero-order valence-electron chi connectivity index (χ0n) is 13.4. The normalized spacial score (nSPS) is 24.2. The summed E-state index contributed by atoms with van der Waals surface area (Å²) in [6.45, 7) is 5.41. The van der Waals surface area contributed by atoms with Crippen molar-refractivity contribution >= 4 is 11.6 Å². The topological polar surface area (TPSA) is 32.3 Å². The molecule has 1 heterocycles. The zero-order chi connectivity index (χ0) is 15.0. The third-order valence-electron chi connectivity index (χ3n) is 5.33. The average molecular weight is 286 g/mol. The summed E-state index contributed by atoms with van der Waals surface area (Å²) in [6, 6.07) is 8.60. The SMILES string of the molecule is CN(C(=O)C1CNc2ccccc21)C1CCC(C)(C)CC1. The molecular weight excluding hydrogens is 260 g/mol. The number of hydrogen-bond donors (Lipinski definition) is 1. The highest BCUT2D eigenvalue weighted by molar-refractivity contribution is 5.88. The maximum atomic E-state index is 12.9. The van der Waals surface area contributed by atoms with Crippen LogP contribution in [-0.2, 0) is 4.79 Å². The first kappa shape index (κ1) is 14.4. The van der Waals surface area contributed by atoms with Gasteiger partial charge in [0.15, 0.2) is 0 Å². The number of amides is 1. The second-order valence-electron chi connectivity index (χ2n) is 7.37. The van der Waals surface area contributed by atoms with Gasteiger partial charge in [-0.15, -0.1) is 0 Å². The fraction of sp³-hybridized carbons (Fsp3) is 0.611. The molecule has 2 aliphatic rings. The van der Waals surface area contributed by atoms with Crippen LogP contribution >= 0.6 is 0 Å². The van der Waals surface area contributed by atoms with E-state index in [2.05, 4.69) is 31.3 Å². The maximum Gasteiger partial charge on any atom is 0.231 e. The van der Waals surface area contributed by atoms with Gasteiger partial charge in [0.25, 0.3) is 0 Å². The smallest absolute Gasteiger partial charge is 0.231 e. The second-order valence-corrected chi connectivity index (χ2v) is 7.37. The summed E-state index contributed by atoms with van der Waals surface area (Å²) in [7, 11) is 1.99. The predicted molar refractivity (Wildman–Crippen MR) is 86.5 cm³/mol. The van der Waals surface area contributed by atoms with E-state index in [-0.39, 0.29) is 11.8 Å². The lowest BCUT2D eigenvalue weighted by atomic mass is 9.75. The number of anilines is 1. The Morgan fingerprint density at radius 1 is 1.24 bits per heavy atom. The van der Waals surface area contributed by atoms with E-state index >= 15 is 0 Å². The van der Waals surface area contributed by atoms with Crippen molar-refractivity contribution in [3.05, 3.63) is 29.8 Å². The van der Waals surface area contributed by atoms with Crippen LogP contribution in [0.25, 0.3) is 0 Å². The third kappa shape index (κ3) is 2.78. The van der Waals surface area contributed by atoms with Gasteiger partial charge in [0.2, 0.25) is 5.91 Å². The number of likely N-dealkylation sites (N-methyl/N-ethyl adjacent to an activating group) is 1. The Morgan fingerprint density at radius 2 is 1.90 bits per heavy atom. The molecule has 1 saturated carbocycles. The number of para-hydroxylation sites is 1. The fourth-order valence-electron chi connectivity index (χ4n) is 3.70. The van der Waals surface area contributed by atoms with Crippen LogP contribution in [0.1, 0.15) is 51.0 Å². The first-order valence-electron chi connectivity index (χ1n) is 8.07. The van der Waals surface area contributed by atoms with Gasteiger partial charge in [-0.3, -0.25) is 4.79 Å². The predicted octanol–water partition coefficient (Wildman–Crippen LogP) is 3.62. The molecule has 0 saturated heterocycles. The molecular formula is C18H26N2O. The molecule has 1 aliphatic heterocycles. The molecule has 1 aromatic carbocycles. The molecule has 1 aliphatic carbocycles. The van der Waals surface area contributed by atoms with Gasteiger partial charge in [-0.1, -0.05) is 32.0 Å². The molecule has 1 aromatic rings. The minimum Gasteiger partial charge on any atom is -0.384 e. The van der Waals surface area contributed by atoms with Crippen molar-refractivity contribution in [3.8, 4) is 0 Å². The Kier molecular flexibility index (Phi) is 3.68. The fourth-order valence-corrected chi connectivity index (χ4v) is 3.70. The van der Waals surface area contributed by atoms with E-state index in [0.717, 1.165) is 30.6 Å². The number of nitrogens with one attached hydrogen (secondary N) is 1. The van der Waals surface area contributed by atoms with Crippen molar-refractivity contribution in [1.82, 2.24) is 4.90 Å². The van der Waals surface area contributed by atoms with Crippen LogP contribution in [0.4, 0.5) is 5.69 Å². The summed E-state index contributed by atoms with van der Waals surface area (Å²) in [5.74, 6) is 0.262. The van der Waals surface area contributed by atoms with E-state index in [0.29, 0.717) is 11.5 Å². The molecule has 1 atom stereocenters. The Bertz CT molecular complexity index is 528. The van der Waals surface area contributed by atoms with E-state index in [1.807, 2.05) is 24.1 Å². The molecule has 1 amide bonds. The van der Waals surface area contributed by atoms with Crippen molar-refractivity contribution in [3.63, 3.8) is 0 Å². The van der Waals surface area contributed by atoms with Crippen LogP contribution in [0.5, 0.6) is 0 Å².